The van der Waals surface area contributed by atoms with Crippen LogP contribution in [0.2, 0.25) is 0 Å². The number of carbonyl (C=O) groups excluding carboxylic acids is 2. The Morgan fingerprint density at radius 1 is 1.27 bits per heavy atom. The molecule has 0 N–H and O–H groups in total. The average Bonchev–Trinajstić information content (AvgIpc) is 3.20. The van der Waals surface area contributed by atoms with Crippen LogP contribution in [0, 0.1) is 11.3 Å². The molecule has 0 saturated carbocycles. The number of carbonyl (C=O) groups is 2. The molecule has 0 unspecified atom stereocenters. The van der Waals surface area contributed by atoms with Crippen molar-refractivity contribution in [2.24, 2.45) is 0 Å². The zero-order valence-electron chi connectivity index (χ0n) is 14.3. The van der Waals surface area contributed by atoms with Gasteiger partial charge in [-0.25, -0.2) is 0 Å². The molecular weight excluding hydrogens is 346 g/mol. The van der Waals surface area contributed by atoms with Crippen LogP contribution in [-0.2, 0) is 21.0 Å². The SMILES string of the molecule is CC(=O)N1CCS[C@@]12C(=O)N(Cc1cccc(C#N)c1)c1ccccc12. The quantitative estimate of drug-likeness (QED) is 0.823. The lowest BCUT2D eigenvalue weighted by Crippen LogP contribution is -2.49. The summed E-state index contributed by atoms with van der Waals surface area (Å²) in [5.41, 5.74) is 3.17. The summed E-state index contributed by atoms with van der Waals surface area (Å²) in [4.78, 5) is 28.2. The van der Waals surface area contributed by atoms with Crippen molar-refractivity contribution in [1.82, 2.24) is 4.90 Å². The minimum absolute atomic E-state index is 0.0845. The van der Waals surface area contributed by atoms with E-state index in [-0.39, 0.29) is 11.8 Å². The van der Waals surface area contributed by atoms with Crippen LogP contribution in [0.25, 0.3) is 0 Å². The maximum Gasteiger partial charge on any atom is 0.268 e. The number of nitriles is 1. The van der Waals surface area contributed by atoms with E-state index in [0.29, 0.717) is 18.7 Å². The molecule has 1 atom stereocenters. The number of thioether (sulfide) groups is 1. The van der Waals surface area contributed by atoms with Crippen LogP contribution in [0.15, 0.2) is 48.5 Å². The van der Waals surface area contributed by atoms with Crippen molar-refractivity contribution in [3.63, 3.8) is 0 Å². The van der Waals surface area contributed by atoms with Gasteiger partial charge in [0, 0.05) is 24.8 Å². The molecule has 4 rings (SSSR count). The van der Waals surface area contributed by atoms with Crippen LogP contribution >= 0.6 is 11.8 Å². The third-order valence-electron chi connectivity index (χ3n) is 4.88. The Labute approximate surface area is 156 Å². The fourth-order valence-corrected chi connectivity index (χ4v) is 5.29. The maximum absolute atomic E-state index is 13.5. The number of nitrogens with zero attached hydrogens (tertiary/aromatic N) is 3. The second kappa shape index (κ2) is 6.19. The second-order valence-electron chi connectivity index (χ2n) is 6.38. The van der Waals surface area contributed by atoms with E-state index in [2.05, 4.69) is 6.07 Å². The van der Waals surface area contributed by atoms with Gasteiger partial charge in [-0.1, -0.05) is 30.3 Å². The standard InChI is InChI=1S/C20H17N3O2S/c1-14(24)23-9-10-26-20(23)17-7-2-3-8-18(17)22(19(20)25)13-16-6-4-5-15(11-16)12-21/h2-8,11H,9-10,13H2,1H3/t20-/m0/s1. The fourth-order valence-electron chi connectivity index (χ4n) is 3.78. The molecule has 0 bridgehead atoms. The summed E-state index contributed by atoms with van der Waals surface area (Å²) in [6.07, 6.45) is 0. The summed E-state index contributed by atoms with van der Waals surface area (Å²) >= 11 is 1.52. The molecule has 5 nitrogen and oxygen atoms in total. The fraction of sp³-hybridized carbons (Fsp3) is 0.250. The largest absolute Gasteiger partial charge is 0.315 e. The minimum Gasteiger partial charge on any atom is -0.315 e. The number of benzene rings is 2. The van der Waals surface area contributed by atoms with E-state index in [1.54, 1.807) is 21.9 Å². The van der Waals surface area contributed by atoms with Gasteiger partial charge in [-0.2, -0.15) is 5.26 Å². The number of rotatable bonds is 2. The molecule has 2 aliphatic rings. The van der Waals surface area contributed by atoms with Crippen molar-refractivity contribution < 1.29 is 9.59 Å². The van der Waals surface area contributed by atoms with E-state index < -0.39 is 4.87 Å². The predicted octanol–water partition coefficient (Wildman–Crippen LogP) is 2.85. The monoisotopic (exact) mass is 363 g/mol. The first-order chi connectivity index (χ1) is 12.6. The van der Waals surface area contributed by atoms with Crippen molar-refractivity contribution in [2.75, 3.05) is 17.2 Å². The number of amides is 2. The summed E-state index contributed by atoms with van der Waals surface area (Å²) in [6, 6.07) is 17.1. The topological polar surface area (TPSA) is 64.4 Å². The third kappa shape index (κ3) is 2.31. The molecule has 26 heavy (non-hydrogen) atoms. The van der Waals surface area contributed by atoms with Crippen LogP contribution in [0.4, 0.5) is 5.69 Å². The molecular formula is C20H17N3O2S. The molecule has 1 spiro atoms. The zero-order chi connectivity index (χ0) is 18.3. The van der Waals surface area contributed by atoms with E-state index in [1.165, 1.54) is 18.7 Å². The van der Waals surface area contributed by atoms with Crippen molar-refractivity contribution >= 4 is 29.3 Å². The molecule has 1 fully saturated rings. The minimum atomic E-state index is -0.963. The van der Waals surface area contributed by atoms with Gasteiger partial charge in [-0.3, -0.25) is 9.59 Å². The van der Waals surface area contributed by atoms with E-state index in [4.69, 9.17) is 5.26 Å². The number of para-hydroxylation sites is 1. The van der Waals surface area contributed by atoms with E-state index in [1.807, 2.05) is 36.4 Å². The molecule has 2 aromatic rings. The molecule has 2 heterocycles. The van der Waals surface area contributed by atoms with Crippen molar-refractivity contribution in [3.05, 3.63) is 65.2 Å². The first-order valence-corrected chi connectivity index (χ1v) is 9.39. The van der Waals surface area contributed by atoms with Gasteiger partial charge in [0.15, 0.2) is 4.87 Å². The van der Waals surface area contributed by atoms with E-state index in [0.717, 1.165) is 22.6 Å². The Bertz CT molecular complexity index is 952. The highest BCUT2D eigenvalue weighted by molar-refractivity contribution is 8.01. The Hall–Kier alpha value is -2.78. The molecule has 130 valence electrons. The lowest BCUT2D eigenvalue weighted by Gasteiger charge is -2.32. The van der Waals surface area contributed by atoms with Crippen molar-refractivity contribution in [1.29, 1.82) is 5.26 Å². The Balaban J connectivity index is 1.79. The summed E-state index contributed by atoms with van der Waals surface area (Å²) in [7, 11) is 0. The van der Waals surface area contributed by atoms with E-state index in [9.17, 15) is 9.59 Å². The van der Waals surface area contributed by atoms with Gasteiger partial charge in [0.1, 0.15) is 0 Å². The van der Waals surface area contributed by atoms with Crippen LogP contribution < -0.4 is 4.90 Å². The Morgan fingerprint density at radius 3 is 2.85 bits per heavy atom. The molecule has 1 saturated heterocycles. The highest BCUT2D eigenvalue weighted by atomic mass is 32.2. The molecule has 0 aromatic heterocycles. The molecule has 2 aliphatic heterocycles. The van der Waals surface area contributed by atoms with Gasteiger partial charge < -0.3 is 9.80 Å². The van der Waals surface area contributed by atoms with Crippen LogP contribution in [0.3, 0.4) is 0 Å². The molecule has 0 aliphatic carbocycles. The summed E-state index contributed by atoms with van der Waals surface area (Å²) in [5.74, 6) is 0.558. The summed E-state index contributed by atoms with van der Waals surface area (Å²) in [5, 5.41) is 9.12. The van der Waals surface area contributed by atoms with Gasteiger partial charge in [0.25, 0.3) is 5.91 Å². The zero-order valence-corrected chi connectivity index (χ0v) is 15.1. The van der Waals surface area contributed by atoms with Crippen LogP contribution in [0.5, 0.6) is 0 Å². The molecule has 2 aromatic carbocycles. The van der Waals surface area contributed by atoms with E-state index >= 15 is 0 Å². The third-order valence-corrected chi connectivity index (χ3v) is 6.30. The van der Waals surface area contributed by atoms with Gasteiger partial charge in [-0.15, -0.1) is 11.8 Å². The van der Waals surface area contributed by atoms with Crippen LogP contribution in [-0.4, -0.2) is 29.0 Å². The Kier molecular flexibility index (Phi) is 3.97. The molecule has 2 amide bonds. The van der Waals surface area contributed by atoms with Gasteiger partial charge in [-0.05, 0) is 23.8 Å². The average molecular weight is 363 g/mol. The number of fused-ring (bicyclic) bond motifs is 2. The highest BCUT2D eigenvalue weighted by Gasteiger charge is 2.58. The van der Waals surface area contributed by atoms with Gasteiger partial charge in [0.2, 0.25) is 5.91 Å². The second-order valence-corrected chi connectivity index (χ2v) is 7.67. The summed E-state index contributed by atoms with van der Waals surface area (Å²) in [6.45, 7) is 2.46. The van der Waals surface area contributed by atoms with Crippen LogP contribution in [0.1, 0.15) is 23.6 Å². The summed E-state index contributed by atoms with van der Waals surface area (Å²) < 4.78 is 0. The molecule has 0 radical (unpaired) electrons. The first kappa shape index (κ1) is 16.7. The predicted molar refractivity (Wildman–Crippen MR) is 100 cm³/mol. The number of hydrogen-bond acceptors (Lipinski definition) is 4. The van der Waals surface area contributed by atoms with Crippen molar-refractivity contribution in [2.45, 2.75) is 18.3 Å². The normalized spacial score (nSPS) is 21.2. The highest BCUT2D eigenvalue weighted by Crippen LogP contribution is 2.54. The van der Waals surface area contributed by atoms with Crippen molar-refractivity contribution in [3.8, 4) is 6.07 Å². The first-order valence-electron chi connectivity index (χ1n) is 8.40. The number of anilines is 1. The number of hydrogen-bond donors (Lipinski definition) is 0. The smallest absolute Gasteiger partial charge is 0.268 e. The lowest BCUT2D eigenvalue weighted by atomic mass is 10.1. The Morgan fingerprint density at radius 2 is 2.08 bits per heavy atom. The maximum atomic E-state index is 13.5. The lowest BCUT2D eigenvalue weighted by molar-refractivity contribution is -0.138. The molecule has 6 heteroatoms. The van der Waals surface area contributed by atoms with Gasteiger partial charge in [0.05, 0.1) is 23.9 Å². The van der Waals surface area contributed by atoms with Gasteiger partial charge >= 0.3 is 0 Å².